The molecule has 1 fully saturated rings. The number of nitrogens with one attached hydrogen (secondary N) is 2. The van der Waals surface area contributed by atoms with Crippen molar-refractivity contribution < 1.29 is 9.59 Å². The van der Waals surface area contributed by atoms with Crippen LogP contribution in [0.25, 0.3) is 22.2 Å². The van der Waals surface area contributed by atoms with Gasteiger partial charge in [0.1, 0.15) is 11.9 Å². The zero-order valence-corrected chi connectivity index (χ0v) is 20.4. The molecule has 0 aliphatic carbocycles. The molecule has 0 atom stereocenters. The second-order valence-electron chi connectivity index (χ2n) is 9.16. The SMILES string of the molecule is Cc1ccc(-c2cc(C(=O)NNC(=O)C3CCN(c4ccc(C#N)cn4)CC3)c3ccccc3n2)cc1. The molecule has 1 aliphatic heterocycles. The molecule has 0 bridgehead atoms. The van der Waals surface area contributed by atoms with Gasteiger partial charge in [-0.3, -0.25) is 20.4 Å². The minimum absolute atomic E-state index is 0.210. The van der Waals surface area contributed by atoms with Crippen molar-refractivity contribution in [3.8, 4) is 17.3 Å². The molecule has 184 valence electrons. The number of fused-ring (bicyclic) bond motifs is 1. The van der Waals surface area contributed by atoms with Crippen molar-refractivity contribution in [2.45, 2.75) is 19.8 Å². The van der Waals surface area contributed by atoms with E-state index in [-0.39, 0.29) is 17.7 Å². The summed E-state index contributed by atoms with van der Waals surface area (Å²) in [5.41, 5.74) is 9.65. The minimum atomic E-state index is -0.389. The van der Waals surface area contributed by atoms with Crippen molar-refractivity contribution >= 4 is 28.5 Å². The zero-order valence-electron chi connectivity index (χ0n) is 20.4. The van der Waals surface area contributed by atoms with Crippen molar-refractivity contribution in [1.29, 1.82) is 5.26 Å². The highest BCUT2D eigenvalue weighted by molar-refractivity contribution is 6.07. The van der Waals surface area contributed by atoms with Gasteiger partial charge in [-0.25, -0.2) is 9.97 Å². The van der Waals surface area contributed by atoms with E-state index in [1.807, 2.05) is 61.5 Å². The van der Waals surface area contributed by atoms with Crippen LogP contribution >= 0.6 is 0 Å². The lowest BCUT2D eigenvalue weighted by Gasteiger charge is -2.32. The first-order valence-electron chi connectivity index (χ1n) is 12.2. The largest absolute Gasteiger partial charge is 0.357 e. The third-order valence-electron chi connectivity index (χ3n) is 6.67. The molecule has 0 spiro atoms. The van der Waals surface area contributed by atoms with Crippen molar-refractivity contribution in [3.05, 3.63) is 89.6 Å². The number of nitrogens with zero attached hydrogens (tertiary/aromatic N) is 4. The van der Waals surface area contributed by atoms with Gasteiger partial charge in [-0.15, -0.1) is 0 Å². The third-order valence-corrected chi connectivity index (χ3v) is 6.67. The number of nitriles is 1. The fraction of sp³-hybridized carbons (Fsp3) is 0.207. The number of anilines is 1. The van der Waals surface area contributed by atoms with Crippen LogP contribution in [0.4, 0.5) is 5.82 Å². The van der Waals surface area contributed by atoms with Crippen LogP contribution in [0.15, 0.2) is 72.9 Å². The van der Waals surface area contributed by atoms with Gasteiger partial charge in [-0.05, 0) is 44.0 Å². The van der Waals surface area contributed by atoms with Crippen LogP contribution < -0.4 is 15.8 Å². The fourth-order valence-electron chi connectivity index (χ4n) is 4.53. The number of rotatable bonds is 4. The normalized spacial score (nSPS) is 13.7. The maximum absolute atomic E-state index is 13.2. The molecule has 2 N–H and O–H groups in total. The van der Waals surface area contributed by atoms with Gasteiger partial charge < -0.3 is 4.90 Å². The lowest BCUT2D eigenvalue weighted by molar-refractivity contribution is -0.126. The number of carbonyl (C=O) groups excluding carboxylic acids is 2. The molecule has 2 aromatic heterocycles. The van der Waals surface area contributed by atoms with E-state index in [4.69, 9.17) is 10.2 Å². The molecule has 2 amide bonds. The van der Waals surface area contributed by atoms with Crippen molar-refractivity contribution in [1.82, 2.24) is 20.8 Å². The summed E-state index contributed by atoms with van der Waals surface area (Å²) in [4.78, 5) is 37.2. The Labute approximate surface area is 214 Å². The molecule has 5 rings (SSSR count). The zero-order chi connectivity index (χ0) is 25.8. The number of hydrogen-bond donors (Lipinski definition) is 2. The average Bonchev–Trinajstić information content (AvgIpc) is 2.95. The molecule has 4 aromatic rings. The number of amides is 2. The number of hydrazine groups is 1. The third kappa shape index (κ3) is 5.26. The van der Waals surface area contributed by atoms with Crippen molar-refractivity contribution in [2.24, 2.45) is 5.92 Å². The fourth-order valence-corrected chi connectivity index (χ4v) is 4.53. The number of hydrogen-bond acceptors (Lipinski definition) is 6. The molecule has 3 heterocycles. The second-order valence-corrected chi connectivity index (χ2v) is 9.16. The van der Waals surface area contributed by atoms with Gasteiger partial charge >= 0.3 is 0 Å². The van der Waals surface area contributed by atoms with E-state index in [1.165, 1.54) is 0 Å². The Morgan fingerprint density at radius 2 is 1.76 bits per heavy atom. The quantitative estimate of drug-likeness (QED) is 0.416. The first-order chi connectivity index (χ1) is 18.0. The van der Waals surface area contributed by atoms with Crippen LogP contribution in [0.3, 0.4) is 0 Å². The number of para-hydroxylation sites is 1. The number of aromatic nitrogens is 2. The molecule has 0 radical (unpaired) electrons. The first kappa shape index (κ1) is 23.9. The Kier molecular flexibility index (Phi) is 6.77. The summed E-state index contributed by atoms with van der Waals surface area (Å²) < 4.78 is 0. The lowest BCUT2D eigenvalue weighted by Crippen LogP contribution is -2.47. The van der Waals surface area contributed by atoms with Gasteiger partial charge in [-0.1, -0.05) is 48.0 Å². The van der Waals surface area contributed by atoms with E-state index < -0.39 is 0 Å². The predicted molar refractivity (Wildman–Crippen MR) is 141 cm³/mol. The van der Waals surface area contributed by atoms with Gasteiger partial charge in [-0.2, -0.15) is 5.26 Å². The maximum atomic E-state index is 13.2. The van der Waals surface area contributed by atoms with E-state index in [0.29, 0.717) is 53.7 Å². The van der Waals surface area contributed by atoms with Crippen LogP contribution in [0.1, 0.15) is 34.3 Å². The summed E-state index contributed by atoms with van der Waals surface area (Å²) in [7, 11) is 0. The highest BCUT2D eigenvalue weighted by Crippen LogP contribution is 2.26. The summed E-state index contributed by atoms with van der Waals surface area (Å²) in [6.45, 7) is 3.35. The number of carbonyl (C=O) groups is 2. The molecule has 0 unspecified atom stereocenters. The Balaban J connectivity index is 1.25. The van der Waals surface area contributed by atoms with Gasteiger partial charge in [0.25, 0.3) is 5.91 Å². The predicted octanol–water partition coefficient (Wildman–Crippen LogP) is 4.15. The Morgan fingerprint density at radius 1 is 1.00 bits per heavy atom. The topological polar surface area (TPSA) is 111 Å². The number of pyridine rings is 2. The van der Waals surface area contributed by atoms with E-state index in [9.17, 15) is 9.59 Å². The Morgan fingerprint density at radius 3 is 2.46 bits per heavy atom. The van der Waals surface area contributed by atoms with E-state index in [1.54, 1.807) is 18.3 Å². The number of aryl methyl sites for hydroxylation is 1. The van der Waals surface area contributed by atoms with Crippen LogP contribution in [0, 0.1) is 24.2 Å². The van der Waals surface area contributed by atoms with Crippen LogP contribution in [0.2, 0.25) is 0 Å². The van der Waals surface area contributed by atoms with E-state index >= 15 is 0 Å². The summed E-state index contributed by atoms with van der Waals surface area (Å²) in [6, 6.07) is 22.8. The number of piperidine rings is 1. The van der Waals surface area contributed by atoms with Crippen molar-refractivity contribution in [2.75, 3.05) is 18.0 Å². The number of benzene rings is 2. The van der Waals surface area contributed by atoms with Crippen LogP contribution in [0.5, 0.6) is 0 Å². The molecule has 37 heavy (non-hydrogen) atoms. The van der Waals surface area contributed by atoms with Crippen LogP contribution in [-0.4, -0.2) is 34.9 Å². The standard InChI is InChI=1S/C29H26N6O2/c1-19-6-9-21(10-7-19)26-16-24(23-4-2-3-5-25(23)32-26)29(37)34-33-28(36)22-12-14-35(15-13-22)27-11-8-20(17-30)18-31-27/h2-11,16,18,22H,12-15H2,1H3,(H,33,36)(H,34,37). The monoisotopic (exact) mass is 490 g/mol. The van der Waals surface area contributed by atoms with Crippen LogP contribution in [-0.2, 0) is 4.79 Å². The molecule has 1 aliphatic rings. The minimum Gasteiger partial charge on any atom is -0.357 e. The molecular formula is C29H26N6O2. The lowest BCUT2D eigenvalue weighted by atomic mass is 9.96. The molecular weight excluding hydrogens is 464 g/mol. The summed E-state index contributed by atoms with van der Waals surface area (Å²) in [5.74, 6) is -0.0234. The van der Waals surface area contributed by atoms with Gasteiger partial charge in [0.15, 0.2) is 0 Å². The summed E-state index contributed by atoms with van der Waals surface area (Å²) in [5, 5.41) is 9.66. The summed E-state index contributed by atoms with van der Waals surface area (Å²) >= 11 is 0. The first-order valence-corrected chi connectivity index (χ1v) is 12.2. The molecule has 1 saturated heterocycles. The Hall–Kier alpha value is -4.77. The molecule has 8 nitrogen and oxygen atoms in total. The van der Waals surface area contributed by atoms with Gasteiger partial charge in [0.2, 0.25) is 5.91 Å². The second kappa shape index (κ2) is 10.5. The summed E-state index contributed by atoms with van der Waals surface area (Å²) in [6.07, 6.45) is 2.83. The Bertz CT molecular complexity index is 1480. The van der Waals surface area contributed by atoms with Gasteiger partial charge in [0.05, 0.1) is 22.3 Å². The average molecular weight is 491 g/mol. The van der Waals surface area contributed by atoms with E-state index in [2.05, 4.69) is 26.8 Å². The maximum Gasteiger partial charge on any atom is 0.270 e. The molecule has 2 aromatic carbocycles. The smallest absolute Gasteiger partial charge is 0.270 e. The highest BCUT2D eigenvalue weighted by atomic mass is 16.2. The van der Waals surface area contributed by atoms with Gasteiger partial charge in [0, 0.05) is 36.2 Å². The highest BCUT2D eigenvalue weighted by Gasteiger charge is 2.26. The van der Waals surface area contributed by atoms with Crippen molar-refractivity contribution in [3.63, 3.8) is 0 Å². The molecule has 0 saturated carbocycles. The van der Waals surface area contributed by atoms with E-state index in [0.717, 1.165) is 16.9 Å². The molecule has 8 heteroatoms.